The minimum Gasteiger partial charge on any atom is -0.464 e. The van der Waals surface area contributed by atoms with Crippen LogP contribution in [0, 0.1) is 0 Å². The van der Waals surface area contributed by atoms with E-state index in [2.05, 4.69) is 0 Å². The fourth-order valence-electron chi connectivity index (χ4n) is 6.20. The Kier molecular flexibility index (Phi) is 3.54. The highest BCUT2D eigenvalue weighted by atomic mass is 16.3. The summed E-state index contributed by atoms with van der Waals surface area (Å²) in [6.07, 6.45) is 1.64. The molecular weight excluding hydrogens is 512 g/mol. The van der Waals surface area contributed by atoms with E-state index in [-0.39, 0.29) is 45.7 Å². The van der Waals surface area contributed by atoms with Gasteiger partial charge in [0.1, 0.15) is 16.7 Å². The number of para-hydroxylation sites is 1. The number of benzene rings is 7. The molecule has 0 saturated heterocycles. The number of hydrogen-bond donors (Lipinski definition) is 0. The van der Waals surface area contributed by atoms with E-state index in [9.17, 15) is 0 Å². The molecule has 2 heterocycles. The van der Waals surface area contributed by atoms with E-state index in [1.165, 1.54) is 0 Å². The average Bonchev–Trinajstić information content (AvgIpc) is 3.77. The molecular formula is C40H24O2. The Morgan fingerprint density at radius 2 is 1.02 bits per heavy atom. The van der Waals surface area contributed by atoms with Crippen molar-refractivity contribution in [3.05, 3.63) is 146 Å². The van der Waals surface area contributed by atoms with Gasteiger partial charge in [-0.05, 0) is 67.6 Å². The van der Waals surface area contributed by atoms with Crippen molar-refractivity contribution in [2.24, 2.45) is 0 Å². The van der Waals surface area contributed by atoms with Gasteiger partial charge in [-0.2, -0.15) is 0 Å². The third kappa shape index (κ3) is 3.33. The van der Waals surface area contributed by atoms with Crippen molar-refractivity contribution in [3.63, 3.8) is 0 Å². The van der Waals surface area contributed by atoms with Crippen LogP contribution in [0.5, 0.6) is 0 Å². The second-order valence-electron chi connectivity index (χ2n) is 10.3. The quantitative estimate of drug-likeness (QED) is 0.207. The van der Waals surface area contributed by atoms with E-state index in [0.717, 1.165) is 32.9 Å². The molecule has 0 saturated carbocycles. The first-order valence-electron chi connectivity index (χ1n) is 17.6. The van der Waals surface area contributed by atoms with E-state index in [1.54, 1.807) is 30.5 Å². The molecule has 0 aliphatic heterocycles. The van der Waals surface area contributed by atoms with Gasteiger partial charge >= 0.3 is 0 Å². The summed E-state index contributed by atoms with van der Waals surface area (Å²) in [4.78, 5) is 0. The van der Waals surface area contributed by atoms with Crippen molar-refractivity contribution < 1.29 is 19.8 Å². The van der Waals surface area contributed by atoms with Crippen LogP contribution >= 0.6 is 0 Å². The summed E-state index contributed by atoms with van der Waals surface area (Å²) in [6, 6.07) is 25.2. The Hall–Kier alpha value is -5.60. The van der Waals surface area contributed by atoms with Crippen LogP contribution in [0.1, 0.15) is 11.0 Å². The Morgan fingerprint density at radius 3 is 1.67 bits per heavy atom. The molecule has 0 aliphatic carbocycles. The van der Waals surface area contributed by atoms with Crippen molar-refractivity contribution in [2.45, 2.75) is 0 Å². The molecule has 0 fully saturated rings. The minimum absolute atomic E-state index is 0.177. The predicted octanol–water partition coefficient (Wildman–Crippen LogP) is 11.6. The molecule has 2 aromatic heterocycles. The van der Waals surface area contributed by atoms with Crippen molar-refractivity contribution in [1.29, 1.82) is 0 Å². The molecule has 0 bridgehead atoms. The first kappa shape index (κ1) is 16.6. The highest BCUT2D eigenvalue weighted by Crippen LogP contribution is 2.45. The topological polar surface area (TPSA) is 26.3 Å². The molecule has 9 rings (SSSR count). The van der Waals surface area contributed by atoms with Crippen LogP contribution in [-0.2, 0) is 0 Å². The normalized spacial score (nSPS) is 14.5. The Balaban J connectivity index is 1.42. The van der Waals surface area contributed by atoms with Crippen molar-refractivity contribution in [3.8, 4) is 33.4 Å². The van der Waals surface area contributed by atoms with E-state index in [1.807, 2.05) is 66.7 Å². The zero-order chi connectivity index (χ0) is 34.6. The second kappa shape index (κ2) is 8.95. The molecule has 2 heteroatoms. The fourth-order valence-corrected chi connectivity index (χ4v) is 6.20. The molecule has 0 spiro atoms. The molecule has 0 unspecified atom stereocenters. The second-order valence-corrected chi connectivity index (χ2v) is 10.3. The largest absolute Gasteiger partial charge is 0.464 e. The highest BCUT2D eigenvalue weighted by molar-refractivity contribution is 6.22. The Labute approximate surface area is 253 Å². The third-order valence-electron chi connectivity index (χ3n) is 7.98. The summed E-state index contributed by atoms with van der Waals surface area (Å²) in [6.45, 7) is 0. The minimum atomic E-state index is -0.432. The fraction of sp³-hybridized carbons (Fsp3) is 0. The van der Waals surface area contributed by atoms with Crippen LogP contribution in [0.25, 0.3) is 87.8 Å². The molecule has 2 nitrogen and oxygen atoms in total. The van der Waals surface area contributed by atoms with Crippen LogP contribution in [-0.4, -0.2) is 0 Å². The Bertz CT molecular complexity index is 2810. The van der Waals surface area contributed by atoms with Gasteiger partial charge in [-0.1, -0.05) is 121 Å². The third-order valence-corrected chi connectivity index (χ3v) is 7.98. The molecule has 42 heavy (non-hydrogen) atoms. The lowest BCUT2D eigenvalue weighted by Crippen LogP contribution is -1.91. The number of rotatable bonds is 3. The SMILES string of the molecule is [2H]c1c([2H])c([2H])c2c(-c3ccc(-c4c5occc5cc5oc6ccccc6c45)cc3)c3c([2H])c([2H])c([2H])c([2H])c3c(-c3ccccc3)c2c1[2H]. The van der Waals surface area contributed by atoms with Gasteiger partial charge in [-0.3, -0.25) is 0 Å². The Morgan fingerprint density at radius 1 is 0.476 bits per heavy atom. The van der Waals surface area contributed by atoms with Gasteiger partial charge < -0.3 is 8.83 Å². The first-order chi connectivity index (χ1) is 24.2. The summed E-state index contributed by atoms with van der Waals surface area (Å²) >= 11 is 0. The van der Waals surface area contributed by atoms with Crippen LogP contribution in [0.4, 0.5) is 0 Å². The molecule has 0 amide bonds. The van der Waals surface area contributed by atoms with Crippen LogP contribution in [0.2, 0.25) is 0 Å². The van der Waals surface area contributed by atoms with E-state index in [4.69, 9.17) is 19.8 Å². The lowest BCUT2D eigenvalue weighted by Gasteiger charge is -2.18. The average molecular weight is 545 g/mol. The summed E-state index contributed by atoms with van der Waals surface area (Å²) in [5, 5.41) is 3.42. The van der Waals surface area contributed by atoms with Gasteiger partial charge in [-0.25, -0.2) is 0 Å². The molecule has 196 valence electrons. The maximum absolute atomic E-state index is 9.16. The molecule has 0 radical (unpaired) electrons. The molecule has 7 aromatic carbocycles. The maximum Gasteiger partial charge on any atom is 0.142 e. The summed E-state index contributed by atoms with van der Waals surface area (Å²) in [5.74, 6) is 0. The zero-order valence-corrected chi connectivity index (χ0v) is 22.1. The zero-order valence-electron chi connectivity index (χ0n) is 30.1. The van der Waals surface area contributed by atoms with E-state index in [0.29, 0.717) is 33.4 Å². The van der Waals surface area contributed by atoms with Crippen molar-refractivity contribution in [2.75, 3.05) is 0 Å². The van der Waals surface area contributed by atoms with Gasteiger partial charge in [0.25, 0.3) is 0 Å². The van der Waals surface area contributed by atoms with Gasteiger partial charge in [0.15, 0.2) is 0 Å². The summed E-state index contributed by atoms with van der Waals surface area (Å²) < 4.78 is 83.3. The van der Waals surface area contributed by atoms with Crippen LogP contribution < -0.4 is 0 Å². The van der Waals surface area contributed by atoms with E-state index >= 15 is 0 Å². The predicted molar refractivity (Wildman–Crippen MR) is 175 cm³/mol. The van der Waals surface area contributed by atoms with E-state index < -0.39 is 24.2 Å². The standard InChI is InChI=1S/C40H24O2/c1-2-10-25(11-3-1)36-29-12-4-6-14-31(29)37(32-15-7-5-13-30(32)36)26-18-20-27(21-19-26)38-39-33-16-8-9-17-34(33)42-35(39)24-28-22-23-41-40(28)38/h1-24H/i4D,5D,6D,7D,12D,13D,14D,15D. The van der Waals surface area contributed by atoms with Gasteiger partial charge in [0, 0.05) is 21.7 Å². The monoisotopic (exact) mass is 544 g/mol. The van der Waals surface area contributed by atoms with Crippen molar-refractivity contribution >= 4 is 54.5 Å². The lowest BCUT2D eigenvalue weighted by atomic mass is 9.85. The number of furan rings is 2. The van der Waals surface area contributed by atoms with Crippen molar-refractivity contribution in [1.82, 2.24) is 0 Å². The molecule has 0 N–H and O–H groups in total. The number of fused-ring (bicyclic) bond motifs is 6. The van der Waals surface area contributed by atoms with Gasteiger partial charge in [0.2, 0.25) is 0 Å². The molecule has 9 aromatic rings. The molecule has 0 aliphatic rings. The smallest absolute Gasteiger partial charge is 0.142 e. The van der Waals surface area contributed by atoms with Crippen LogP contribution in [0.3, 0.4) is 0 Å². The maximum atomic E-state index is 9.16. The highest BCUT2D eigenvalue weighted by Gasteiger charge is 2.20. The van der Waals surface area contributed by atoms with Crippen LogP contribution in [0.15, 0.2) is 154 Å². The van der Waals surface area contributed by atoms with Gasteiger partial charge in [0.05, 0.1) is 17.2 Å². The number of hydrogen-bond acceptors (Lipinski definition) is 2. The summed E-state index contributed by atoms with van der Waals surface area (Å²) in [7, 11) is 0. The molecule has 0 atom stereocenters. The lowest BCUT2D eigenvalue weighted by molar-refractivity contribution is 0.617. The first-order valence-corrected chi connectivity index (χ1v) is 13.6. The summed E-state index contributed by atoms with van der Waals surface area (Å²) in [5.41, 5.74) is 5.50. The van der Waals surface area contributed by atoms with Gasteiger partial charge in [-0.15, -0.1) is 0 Å².